The van der Waals surface area contributed by atoms with Crippen LogP contribution in [0.15, 0.2) is 12.3 Å². The number of piperidine rings is 1. The highest BCUT2D eigenvalue weighted by Gasteiger charge is 2.34. The lowest BCUT2D eigenvalue weighted by molar-refractivity contribution is -0.143. The number of hydrogen-bond acceptors (Lipinski definition) is 4. The Morgan fingerprint density at radius 1 is 1.45 bits per heavy atom. The number of carbonyl (C=O) groups excluding carboxylic acids is 1. The second kappa shape index (κ2) is 5.90. The van der Waals surface area contributed by atoms with Crippen LogP contribution in [0.5, 0.6) is 5.75 Å². The van der Waals surface area contributed by atoms with E-state index >= 15 is 0 Å². The van der Waals surface area contributed by atoms with Crippen LogP contribution in [0.3, 0.4) is 0 Å². The lowest BCUT2D eigenvalue weighted by Gasteiger charge is -2.32. The first-order valence-corrected chi connectivity index (χ1v) is 6.59. The SMILES string of the molecule is COc1cc(C)cnc1C(=O)N1CCCC[C@@H]1C(=O)O. The third-order valence-electron chi connectivity index (χ3n) is 3.46. The molecule has 0 bridgehead atoms. The number of pyridine rings is 1. The molecule has 0 saturated carbocycles. The van der Waals surface area contributed by atoms with Crippen LogP contribution < -0.4 is 4.74 Å². The summed E-state index contributed by atoms with van der Waals surface area (Å²) in [5.41, 5.74) is 1.05. The van der Waals surface area contributed by atoms with Crippen molar-refractivity contribution in [2.24, 2.45) is 0 Å². The first-order chi connectivity index (χ1) is 9.54. The fourth-order valence-electron chi connectivity index (χ4n) is 2.43. The van der Waals surface area contributed by atoms with Gasteiger partial charge in [-0.15, -0.1) is 0 Å². The van der Waals surface area contributed by atoms with Crippen molar-refractivity contribution in [1.29, 1.82) is 0 Å². The molecule has 20 heavy (non-hydrogen) atoms. The molecule has 0 spiro atoms. The van der Waals surface area contributed by atoms with Gasteiger partial charge in [0.1, 0.15) is 11.8 Å². The molecule has 1 atom stereocenters. The van der Waals surface area contributed by atoms with Gasteiger partial charge in [-0.1, -0.05) is 0 Å². The molecule has 1 amide bonds. The van der Waals surface area contributed by atoms with E-state index in [9.17, 15) is 14.7 Å². The lowest BCUT2D eigenvalue weighted by atomic mass is 10.0. The molecule has 1 aromatic rings. The number of aliphatic carboxylic acids is 1. The van der Waals surface area contributed by atoms with Gasteiger partial charge in [-0.2, -0.15) is 0 Å². The molecule has 0 radical (unpaired) electrons. The smallest absolute Gasteiger partial charge is 0.326 e. The van der Waals surface area contributed by atoms with Crippen molar-refractivity contribution < 1.29 is 19.4 Å². The molecule has 1 saturated heterocycles. The van der Waals surface area contributed by atoms with Gasteiger partial charge in [-0.05, 0) is 37.8 Å². The first-order valence-electron chi connectivity index (χ1n) is 6.59. The van der Waals surface area contributed by atoms with Crippen LogP contribution in [0.2, 0.25) is 0 Å². The van der Waals surface area contributed by atoms with Gasteiger partial charge in [0, 0.05) is 12.7 Å². The molecule has 1 aromatic heterocycles. The summed E-state index contributed by atoms with van der Waals surface area (Å²) in [6.07, 6.45) is 3.69. The highest BCUT2D eigenvalue weighted by Crippen LogP contribution is 2.24. The molecular formula is C14H18N2O4. The van der Waals surface area contributed by atoms with Crippen LogP contribution >= 0.6 is 0 Å². The van der Waals surface area contributed by atoms with E-state index in [0.717, 1.165) is 18.4 Å². The Morgan fingerprint density at radius 2 is 2.20 bits per heavy atom. The van der Waals surface area contributed by atoms with E-state index in [-0.39, 0.29) is 11.6 Å². The second-order valence-electron chi connectivity index (χ2n) is 4.91. The average molecular weight is 278 g/mol. The Balaban J connectivity index is 2.32. The Hall–Kier alpha value is -2.11. The third kappa shape index (κ3) is 2.74. The number of likely N-dealkylation sites (tertiary alicyclic amines) is 1. The molecule has 2 heterocycles. The fraction of sp³-hybridized carbons (Fsp3) is 0.500. The number of aryl methyl sites for hydroxylation is 1. The summed E-state index contributed by atoms with van der Waals surface area (Å²) in [7, 11) is 1.47. The van der Waals surface area contributed by atoms with E-state index in [1.807, 2.05) is 6.92 Å². The normalized spacial score (nSPS) is 18.7. The Morgan fingerprint density at radius 3 is 2.85 bits per heavy atom. The third-order valence-corrected chi connectivity index (χ3v) is 3.46. The van der Waals surface area contributed by atoms with Crippen LogP contribution in [0.4, 0.5) is 0 Å². The molecule has 6 heteroatoms. The van der Waals surface area contributed by atoms with E-state index in [0.29, 0.717) is 18.7 Å². The molecule has 0 aromatic carbocycles. The molecule has 0 aliphatic carbocycles. The highest BCUT2D eigenvalue weighted by molar-refractivity contribution is 5.97. The molecule has 2 rings (SSSR count). The molecule has 1 aliphatic heterocycles. The average Bonchev–Trinajstić information content (AvgIpc) is 2.46. The number of aromatic nitrogens is 1. The van der Waals surface area contributed by atoms with Crippen LogP contribution in [0, 0.1) is 6.92 Å². The van der Waals surface area contributed by atoms with Crippen molar-refractivity contribution in [2.75, 3.05) is 13.7 Å². The highest BCUT2D eigenvalue weighted by atomic mass is 16.5. The van der Waals surface area contributed by atoms with Crippen LogP contribution in [-0.2, 0) is 4.79 Å². The fourth-order valence-corrected chi connectivity index (χ4v) is 2.43. The van der Waals surface area contributed by atoms with Gasteiger partial charge in [-0.25, -0.2) is 9.78 Å². The Bertz CT molecular complexity index is 530. The van der Waals surface area contributed by atoms with E-state index in [4.69, 9.17) is 4.74 Å². The van der Waals surface area contributed by atoms with Crippen LogP contribution in [0.25, 0.3) is 0 Å². The van der Waals surface area contributed by atoms with Crippen LogP contribution in [0.1, 0.15) is 35.3 Å². The minimum Gasteiger partial charge on any atom is -0.494 e. The minimum atomic E-state index is -0.968. The van der Waals surface area contributed by atoms with Crippen molar-refractivity contribution in [2.45, 2.75) is 32.2 Å². The van der Waals surface area contributed by atoms with Gasteiger partial charge in [0.15, 0.2) is 5.69 Å². The number of ether oxygens (including phenoxy) is 1. The van der Waals surface area contributed by atoms with Gasteiger partial charge >= 0.3 is 5.97 Å². The van der Waals surface area contributed by atoms with Crippen molar-refractivity contribution in [3.05, 3.63) is 23.5 Å². The largest absolute Gasteiger partial charge is 0.494 e. The molecule has 1 aliphatic rings. The monoisotopic (exact) mass is 278 g/mol. The topological polar surface area (TPSA) is 79.7 Å². The number of carboxylic acid groups (broad SMARTS) is 1. The number of hydrogen-bond donors (Lipinski definition) is 1. The molecular weight excluding hydrogens is 260 g/mol. The van der Waals surface area contributed by atoms with Gasteiger partial charge in [-0.3, -0.25) is 4.79 Å². The van der Waals surface area contributed by atoms with Gasteiger partial charge < -0.3 is 14.7 Å². The summed E-state index contributed by atoms with van der Waals surface area (Å²) in [6.45, 7) is 2.29. The number of methoxy groups -OCH3 is 1. The zero-order valence-electron chi connectivity index (χ0n) is 11.6. The summed E-state index contributed by atoms with van der Waals surface area (Å²) in [6, 6.07) is 0.948. The standard InChI is InChI=1S/C14H18N2O4/c1-9-7-11(20-2)12(15-8-9)13(17)16-6-4-3-5-10(16)14(18)19/h7-8,10H,3-6H2,1-2H3,(H,18,19)/t10-/m1/s1. The zero-order chi connectivity index (χ0) is 14.7. The summed E-state index contributed by atoms with van der Waals surface area (Å²) in [5.74, 6) is -0.970. The number of amides is 1. The first kappa shape index (κ1) is 14.3. The van der Waals surface area contributed by atoms with Crippen molar-refractivity contribution in [3.8, 4) is 5.75 Å². The summed E-state index contributed by atoms with van der Waals surface area (Å²) in [4.78, 5) is 29.3. The van der Waals surface area contributed by atoms with Crippen LogP contribution in [-0.4, -0.2) is 46.6 Å². The van der Waals surface area contributed by atoms with E-state index in [1.54, 1.807) is 12.3 Å². The van der Waals surface area contributed by atoms with Crippen molar-refractivity contribution >= 4 is 11.9 Å². The maximum atomic E-state index is 12.5. The summed E-state index contributed by atoms with van der Waals surface area (Å²) in [5, 5.41) is 9.23. The number of carbonyl (C=O) groups is 2. The number of rotatable bonds is 3. The quantitative estimate of drug-likeness (QED) is 0.905. The van der Waals surface area contributed by atoms with Gasteiger partial charge in [0.2, 0.25) is 0 Å². The predicted molar refractivity (Wildman–Crippen MR) is 71.8 cm³/mol. The maximum absolute atomic E-state index is 12.5. The lowest BCUT2D eigenvalue weighted by Crippen LogP contribution is -2.48. The zero-order valence-corrected chi connectivity index (χ0v) is 11.6. The van der Waals surface area contributed by atoms with Gasteiger partial charge in [0.05, 0.1) is 7.11 Å². The second-order valence-corrected chi connectivity index (χ2v) is 4.91. The predicted octanol–water partition coefficient (Wildman–Crippen LogP) is 1.48. The number of carboxylic acids is 1. The summed E-state index contributed by atoms with van der Waals surface area (Å²) < 4.78 is 5.18. The Kier molecular flexibility index (Phi) is 4.22. The van der Waals surface area contributed by atoms with Crippen molar-refractivity contribution in [1.82, 2.24) is 9.88 Å². The molecule has 0 unspecified atom stereocenters. The minimum absolute atomic E-state index is 0.172. The summed E-state index contributed by atoms with van der Waals surface area (Å²) >= 11 is 0. The Labute approximate surface area is 117 Å². The van der Waals surface area contributed by atoms with Crippen molar-refractivity contribution in [3.63, 3.8) is 0 Å². The molecule has 1 fully saturated rings. The van der Waals surface area contributed by atoms with E-state index in [1.165, 1.54) is 12.0 Å². The molecule has 108 valence electrons. The van der Waals surface area contributed by atoms with Gasteiger partial charge in [0.25, 0.3) is 5.91 Å². The molecule has 6 nitrogen and oxygen atoms in total. The van der Waals surface area contributed by atoms with E-state index < -0.39 is 12.0 Å². The maximum Gasteiger partial charge on any atom is 0.326 e. The molecule has 1 N–H and O–H groups in total. The van der Waals surface area contributed by atoms with E-state index in [2.05, 4.69) is 4.98 Å². The number of nitrogens with zero attached hydrogens (tertiary/aromatic N) is 2.